The van der Waals surface area contributed by atoms with Crippen molar-refractivity contribution in [1.29, 1.82) is 0 Å². The highest BCUT2D eigenvalue weighted by molar-refractivity contribution is 7.47. The molecule has 0 aliphatic rings. The molecule has 0 amide bonds. The van der Waals surface area contributed by atoms with Crippen LogP contribution in [-0.2, 0) is 65.4 Å². The molecule has 0 aliphatic carbocycles. The summed E-state index contributed by atoms with van der Waals surface area (Å²) in [4.78, 5) is 73.1. The maximum absolute atomic E-state index is 13.1. The molecule has 3 N–H and O–H groups in total. The highest BCUT2D eigenvalue weighted by Gasteiger charge is 2.30. The van der Waals surface area contributed by atoms with E-state index in [0.29, 0.717) is 25.7 Å². The van der Waals surface area contributed by atoms with Gasteiger partial charge in [0.15, 0.2) is 12.2 Å². The number of aliphatic hydroxyl groups excluding tert-OH is 1. The number of hydrogen-bond acceptors (Lipinski definition) is 15. The fourth-order valence-corrected chi connectivity index (χ4v) is 14.7. The number of ether oxygens (including phenoxy) is 4. The van der Waals surface area contributed by atoms with E-state index in [2.05, 4.69) is 27.7 Å². The minimum Gasteiger partial charge on any atom is -0.462 e. The smallest absolute Gasteiger partial charge is 0.462 e. The van der Waals surface area contributed by atoms with Gasteiger partial charge in [-0.2, -0.15) is 0 Å². The van der Waals surface area contributed by atoms with Crippen LogP contribution < -0.4 is 0 Å². The minimum atomic E-state index is -4.96. The first kappa shape index (κ1) is 101. The number of unbranched alkanes of at least 4 members (excludes halogenated alkanes) is 59. The Morgan fingerprint density at radius 1 is 0.233 bits per heavy atom. The molecular weight excluding hydrogens is 1340 g/mol. The van der Waals surface area contributed by atoms with Gasteiger partial charge in [0.1, 0.15) is 19.3 Å². The van der Waals surface area contributed by atoms with Gasteiger partial charge >= 0.3 is 39.5 Å². The highest BCUT2D eigenvalue weighted by atomic mass is 31.2. The van der Waals surface area contributed by atoms with Crippen molar-refractivity contribution in [1.82, 2.24) is 0 Å². The van der Waals surface area contributed by atoms with Gasteiger partial charge < -0.3 is 33.8 Å². The van der Waals surface area contributed by atoms with Crippen molar-refractivity contribution in [2.75, 3.05) is 39.6 Å². The van der Waals surface area contributed by atoms with Crippen LogP contribution in [0.1, 0.15) is 458 Å². The molecule has 0 fully saturated rings. The lowest BCUT2D eigenvalue weighted by molar-refractivity contribution is -0.161. The van der Waals surface area contributed by atoms with Crippen LogP contribution in [0.15, 0.2) is 0 Å². The second-order valence-electron chi connectivity index (χ2n) is 30.2. The van der Waals surface area contributed by atoms with Gasteiger partial charge in [-0.25, -0.2) is 9.13 Å². The lowest BCUT2D eigenvalue weighted by atomic mass is 10.0. The number of carbonyl (C=O) groups is 4. The van der Waals surface area contributed by atoms with Crippen molar-refractivity contribution >= 4 is 39.5 Å². The van der Waals surface area contributed by atoms with Gasteiger partial charge in [0, 0.05) is 25.7 Å². The molecule has 612 valence electrons. The van der Waals surface area contributed by atoms with Crippen LogP contribution >= 0.6 is 15.6 Å². The van der Waals surface area contributed by atoms with Gasteiger partial charge in [0.25, 0.3) is 0 Å². The Morgan fingerprint density at radius 2 is 0.388 bits per heavy atom. The number of esters is 4. The summed E-state index contributed by atoms with van der Waals surface area (Å²) < 4.78 is 68.8. The number of phosphoric acid groups is 2. The predicted molar refractivity (Wildman–Crippen MR) is 423 cm³/mol. The Bertz CT molecular complexity index is 1950. The maximum Gasteiger partial charge on any atom is 0.472 e. The molecule has 17 nitrogen and oxygen atoms in total. The molecule has 0 spiro atoms. The lowest BCUT2D eigenvalue weighted by Crippen LogP contribution is -2.30. The number of aliphatic hydroxyl groups is 1. The standard InChI is InChI=1S/C84H164O17P2/c1-5-9-13-17-21-25-28-31-34-36-38-40-42-45-48-51-55-59-63-67-71-84(89)101-80(75-95-82(87)69-65-61-57-53-49-46-44-41-39-37-35-32-29-26-22-18-14-10-6-2)77-99-103(92,93)97-73-78(85)72-96-102(90,91)98-76-79(74-94-81(86)68-64-60-56-52-24-20-16-12-8-4)100-83(88)70-66-62-58-54-50-47-43-33-30-27-23-19-15-11-7-3/h78-80,85H,5-77H2,1-4H3,(H,90,91)(H,92,93)/t78-,79+,80+/m0/s1. The van der Waals surface area contributed by atoms with Crippen molar-refractivity contribution in [3.63, 3.8) is 0 Å². The first-order valence-corrected chi connectivity index (χ1v) is 46.8. The summed E-state index contributed by atoms with van der Waals surface area (Å²) in [6.45, 7) is 5.03. The van der Waals surface area contributed by atoms with E-state index in [1.54, 1.807) is 0 Å². The predicted octanol–water partition coefficient (Wildman–Crippen LogP) is 25.7. The van der Waals surface area contributed by atoms with Crippen molar-refractivity contribution < 1.29 is 80.2 Å². The van der Waals surface area contributed by atoms with Crippen molar-refractivity contribution in [2.45, 2.75) is 476 Å². The normalized spacial score (nSPS) is 13.7. The minimum absolute atomic E-state index is 0.109. The van der Waals surface area contributed by atoms with Gasteiger partial charge in [-0.3, -0.25) is 37.3 Å². The van der Waals surface area contributed by atoms with E-state index in [1.165, 1.54) is 289 Å². The number of phosphoric ester groups is 2. The molecule has 0 rings (SSSR count). The van der Waals surface area contributed by atoms with Crippen LogP contribution in [0.2, 0.25) is 0 Å². The van der Waals surface area contributed by atoms with E-state index in [1.807, 2.05) is 0 Å². The van der Waals surface area contributed by atoms with Gasteiger partial charge in [-0.05, 0) is 25.7 Å². The summed E-state index contributed by atoms with van der Waals surface area (Å²) in [5.41, 5.74) is 0. The Kier molecular flexibility index (Phi) is 76.7. The topological polar surface area (TPSA) is 237 Å². The van der Waals surface area contributed by atoms with Crippen LogP contribution in [0.5, 0.6) is 0 Å². The van der Waals surface area contributed by atoms with E-state index >= 15 is 0 Å². The second kappa shape index (κ2) is 78.2. The third kappa shape index (κ3) is 78.0. The molecule has 0 saturated heterocycles. The summed E-state index contributed by atoms with van der Waals surface area (Å²) >= 11 is 0. The molecule has 0 saturated carbocycles. The zero-order chi connectivity index (χ0) is 75.3. The fourth-order valence-electron chi connectivity index (χ4n) is 13.2. The third-order valence-corrected chi connectivity index (χ3v) is 21.8. The summed E-state index contributed by atoms with van der Waals surface area (Å²) in [5, 5.41) is 10.7. The summed E-state index contributed by atoms with van der Waals surface area (Å²) in [6.07, 6.45) is 72.2. The SMILES string of the molecule is CCCCCCCCCCCCCCCCCCCCCCC(=O)O[C@H](COC(=O)CCCCCCCCCCCCCCCCCCCCC)COP(=O)(O)OC[C@@H](O)COP(=O)(O)OC[C@@H](COC(=O)CCCCCCCCCCC)OC(=O)CCCCCCCCCCCCCCCCC. The average molecular weight is 1510 g/mol. The maximum atomic E-state index is 13.1. The average Bonchev–Trinajstić information content (AvgIpc) is 0.910. The Hall–Kier alpha value is -1.94. The van der Waals surface area contributed by atoms with Crippen LogP contribution in [-0.4, -0.2) is 96.7 Å². The van der Waals surface area contributed by atoms with Crippen LogP contribution in [0.3, 0.4) is 0 Å². The summed E-state index contributed by atoms with van der Waals surface area (Å²) in [5.74, 6) is -2.10. The van der Waals surface area contributed by atoms with E-state index in [0.717, 1.165) is 89.9 Å². The van der Waals surface area contributed by atoms with E-state index < -0.39 is 97.5 Å². The first-order valence-electron chi connectivity index (χ1n) is 43.8. The van der Waals surface area contributed by atoms with Gasteiger partial charge in [0.05, 0.1) is 26.4 Å². The van der Waals surface area contributed by atoms with E-state index in [9.17, 15) is 43.2 Å². The van der Waals surface area contributed by atoms with Crippen LogP contribution in [0.25, 0.3) is 0 Å². The lowest BCUT2D eigenvalue weighted by Gasteiger charge is -2.21. The second-order valence-corrected chi connectivity index (χ2v) is 33.1. The highest BCUT2D eigenvalue weighted by Crippen LogP contribution is 2.45. The first-order chi connectivity index (χ1) is 50.2. The van der Waals surface area contributed by atoms with Crippen LogP contribution in [0.4, 0.5) is 0 Å². The molecule has 0 heterocycles. The molecule has 0 aromatic rings. The molecule has 103 heavy (non-hydrogen) atoms. The van der Waals surface area contributed by atoms with Crippen molar-refractivity contribution in [3.05, 3.63) is 0 Å². The van der Waals surface area contributed by atoms with Crippen molar-refractivity contribution in [2.24, 2.45) is 0 Å². The number of hydrogen-bond donors (Lipinski definition) is 3. The summed E-state index contributed by atoms with van der Waals surface area (Å²) in [7, 11) is -9.92. The molecule has 5 atom stereocenters. The quantitative estimate of drug-likeness (QED) is 0.0222. The Labute approximate surface area is 632 Å². The van der Waals surface area contributed by atoms with Gasteiger partial charge in [-0.1, -0.05) is 407 Å². The molecule has 0 aromatic carbocycles. The molecule has 2 unspecified atom stereocenters. The molecule has 0 aromatic heterocycles. The molecule has 19 heteroatoms. The van der Waals surface area contributed by atoms with Crippen molar-refractivity contribution in [3.8, 4) is 0 Å². The molecule has 0 radical (unpaired) electrons. The van der Waals surface area contributed by atoms with Gasteiger partial charge in [0.2, 0.25) is 0 Å². The summed E-state index contributed by atoms with van der Waals surface area (Å²) in [6, 6.07) is 0. The third-order valence-electron chi connectivity index (χ3n) is 19.9. The zero-order valence-electron chi connectivity index (χ0n) is 67.3. The Morgan fingerprint density at radius 3 is 0.573 bits per heavy atom. The van der Waals surface area contributed by atoms with E-state index in [-0.39, 0.29) is 25.7 Å². The number of carbonyl (C=O) groups excluding carboxylic acids is 4. The molecule has 0 aliphatic heterocycles. The molecule has 0 bridgehead atoms. The van der Waals surface area contributed by atoms with Crippen LogP contribution in [0, 0.1) is 0 Å². The largest absolute Gasteiger partial charge is 0.472 e. The Balaban J connectivity index is 5.20. The van der Waals surface area contributed by atoms with Gasteiger partial charge in [-0.15, -0.1) is 0 Å². The van der Waals surface area contributed by atoms with E-state index in [4.69, 9.17) is 37.0 Å². The zero-order valence-corrected chi connectivity index (χ0v) is 69.1. The fraction of sp³-hybridized carbons (Fsp3) is 0.952. The number of rotatable bonds is 85. The monoisotopic (exact) mass is 1510 g/mol. The molecular formula is C84H164O17P2.